The number of fused-ring (bicyclic) bond motifs is 1. The Morgan fingerprint density at radius 2 is 1.84 bits per heavy atom. The highest BCUT2D eigenvalue weighted by Crippen LogP contribution is 2.29. The number of nitrogens with one attached hydrogen (secondary N) is 1. The summed E-state index contributed by atoms with van der Waals surface area (Å²) in [5.41, 5.74) is 3.68. The van der Waals surface area contributed by atoms with Gasteiger partial charge in [-0.2, -0.15) is 0 Å². The van der Waals surface area contributed by atoms with Crippen molar-refractivity contribution < 1.29 is 9.59 Å². The van der Waals surface area contributed by atoms with Crippen LogP contribution in [0.2, 0.25) is 5.02 Å². The van der Waals surface area contributed by atoms with Crippen molar-refractivity contribution in [3.63, 3.8) is 0 Å². The molecule has 0 aromatic heterocycles. The minimum atomic E-state index is 0.0206. The Labute approximate surface area is 195 Å². The molecule has 0 radical (unpaired) electrons. The number of carbonyl (C=O) groups excluding carboxylic acids is 2. The third kappa shape index (κ3) is 5.63. The van der Waals surface area contributed by atoms with E-state index in [0.717, 1.165) is 43.1 Å². The number of aryl methyl sites for hydroxylation is 1. The monoisotopic (exact) mass is 453 g/mol. The molecule has 2 atom stereocenters. The fraction of sp³-hybridized carbons (Fsp3) is 0.462. The third-order valence-electron chi connectivity index (χ3n) is 6.57. The van der Waals surface area contributed by atoms with Crippen molar-refractivity contribution in [3.8, 4) is 0 Å². The molecule has 4 rings (SSSR count). The minimum absolute atomic E-state index is 0.0206. The number of nitrogens with zero attached hydrogens (tertiary/aromatic N) is 2. The molecule has 2 aromatic rings. The molecular formula is C26H32ClN3O2. The molecule has 2 amide bonds. The lowest BCUT2D eigenvalue weighted by Gasteiger charge is -2.36. The molecule has 0 spiro atoms. The molecule has 1 N–H and O–H groups in total. The number of amides is 2. The van der Waals surface area contributed by atoms with Crippen LogP contribution in [-0.4, -0.2) is 42.9 Å². The second-order valence-electron chi connectivity index (χ2n) is 9.07. The van der Waals surface area contributed by atoms with E-state index in [1.165, 1.54) is 11.1 Å². The molecule has 0 saturated carbocycles. The van der Waals surface area contributed by atoms with Crippen LogP contribution in [0.4, 0.5) is 5.69 Å². The molecule has 1 aliphatic carbocycles. The molecule has 0 unspecified atom stereocenters. The lowest BCUT2D eigenvalue weighted by molar-refractivity contribution is -0.132. The van der Waals surface area contributed by atoms with Crippen LogP contribution < -0.4 is 10.2 Å². The van der Waals surface area contributed by atoms with E-state index in [2.05, 4.69) is 34.5 Å². The van der Waals surface area contributed by atoms with Gasteiger partial charge >= 0.3 is 0 Å². The molecule has 170 valence electrons. The molecule has 6 heteroatoms. The van der Waals surface area contributed by atoms with Gasteiger partial charge < -0.3 is 15.1 Å². The van der Waals surface area contributed by atoms with Crippen molar-refractivity contribution in [1.29, 1.82) is 0 Å². The Hall–Kier alpha value is -2.53. The summed E-state index contributed by atoms with van der Waals surface area (Å²) in [6.45, 7) is 4.98. The lowest BCUT2D eigenvalue weighted by atomic mass is 9.87. The number of piperazine rings is 1. The molecule has 32 heavy (non-hydrogen) atoms. The van der Waals surface area contributed by atoms with Gasteiger partial charge in [0.1, 0.15) is 0 Å². The number of benzene rings is 2. The molecule has 0 bridgehead atoms. The van der Waals surface area contributed by atoms with Gasteiger partial charge in [-0.05, 0) is 54.5 Å². The first-order valence-electron chi connectivity index (χ1n) is 11.6. The van der Waals surface area contributed by atoms with Gasteiger partial charge in [0.25, 0.3) is 0 Å². The molecule has 1 aliphatic heterocycles. The Morgan fingerprint density at radius 1 is 1.06 bits per heavy atom. The van der Waals surface area contributed by atoms with E-state index >= 15 is 0 Å². The van der Waals surface area contributed by atoms with E-state index in [1.807, 2.05) is 36.1 Å². The summed E-state index contributed by atoms with van der Waals surface area (Å²) in [6.07, 6.45) is 3.95. The van der Waals surface area contributed by atoms with Crippen LogP contribution in [0.5, 0.6) is 0 Å². The first-order chi connectivity index (χ1) is 15.5. The first-order valence-corrected chi connectivity index (χ1v) is 12.0. The topological polar surface area (TPSA) is 52.7 Å². The number of rotatable bonds is 6. The average Bonchev–Trinajstić information content (AvgIpc) is 2.79. The van der Waals surface area contributed by atoms with Crippen molar-refractivity contribution >= 4 is 29.1 Å². The standard InChI is InChI=1S/C26H32ClN3O2/c1-19(16-25(31)28-24-11-4-7-20-6-2-3-10-23(20)24)17-26(32)30-14-12-29(13-15-30)22-9-5-8-21(27)18-22/h2-3,5-6,8-10,18-19,24H,4,7,11-17H2,1H3,(H,28,31)/t19-,24+/m1/s1. The van der Waals surface area contributed by atoms with Crippen LogP contribution in [0, 0.1) is 5.92 Å². The summed E-state index contributed by atoms with van der Waals surface area (Å²) < 4.78 is 0. The van der Waals surface area contributed by atoms with Crippen molar-refractivity contribution in [3.05, 3.63) is 64.7 Å². The fourth-order valence-electron chi connectivity index (χ4n) is 4.86. The van der Waals surface area contributed by atoms with Crippen LogP contribution in [-0.2, 0) is 16.0 Å². The second kappa shape index (κ2) is 10.4. The predicted octanol–water partition coefficient (Wildman–Crippen LogP) is 4.60. The summed E-state index contributed by atoms with van der Waals surface area (Å²) in [7, 11) is 0. The van der Waals surface area contributed by atoms with Gasteiger partial charge in [-0.15, -0.1) is 0 Å². The van der Waals surface area contributed by atoms with Crippen molar-refractivity contribution in [2.75, 3.05) is 31.1 Å². The van der Waals surface area contributed by atoms with Crippen LogP contribution in [0.15, 0.2) is 48.5 Å². The van der Waals surface area contributed by atoms with E-state index in [9.17, 15) is 9.59 Å². The number of halogens is 1. The highest BCUT2D eigenvalue weighted by Gasteiger charge is 2.25. The molecule has 2 aromatic carbocycles. The van der Waals surface area contributed by atoms with E-state index < -0.39 is 0 Å². The lowest BCUT2D eigenvalue weighted by Crippen LogP contribution is -2.49. The van der Waals surface area contributed by atoms with Crippen LogP contribution >= 0.6 is 11.6 Å². The van der Waals surface area contributed by atoms with Crippen LogP contribution in [0.25, 0.3) is 0 Å². The zero-order valence-corrected chi connectivity index (χ0v) is 19.5. The Bertz CT molecular complexity index is 956. The fourth-order valence-corrected chi connectivity index (χ4v) is 5.04. The van der Waals surface area contributed by atoms with Gasteiger partial charge in [0.05, 0.1) is 6.04 Å². The molecule has 1 heterocycles. The number of anilines is 1. The average molecular weight is 454 g/mol. The minimum Gasteiger partial charge on any atom is -0.368 e. The number of hydrogen-bond acceptors (Lipinski definition) is 3. The smallest absolute Gasteiger partial charge is 0.222 e. The van der Waals surface area contributed by atoms with Gasteiger partial charge in [0.15, 0.2) is 0 Å². The molecule has 1 saturated heterocycles. The van der Waals surface area contributed by atoms with Crippen molar-refractivity contribution in [1.82, 2.24) is 10.2 Å². The van der Waals surface area contributed by atoms with Crippen LogP contribution in [0.1, 0.15) is 49.8 Å². The number of carbonyl (C=O) groups is 2. The summed E-state index contributed by atoms with van der Waals surface area (Å²) >= 11 is 6.10. The largest absolute Gasteiger partial charge is 0.368 e. The Kier molecular flexibility index (Phi) is 7.36. The molecule has 2 aliphatic rings. The predicted molar refractivity (Wildman–Crippen MR) is 129 cm³/mol. The van der Waals surface area contributed by atoms with E-state index in [0.29, 0.717) is 25.9 Å². The molecule has 1 fully saturated rings. The maximum atomic E-state index is 12.8. The van der Waals surface area contributed by atoms with E-state index in [1.54, 1.807) is 0 Å². The summed E-state index contributed by atoms with van der Waals surface area (Å²) in [5.74, 6) is 0.198. The highest BCUT2D eigenvalue weighted by molar-refractivity contribution is 6.30. The second-order valence-corrected chi connectivity index (χ2v) is 9.51. The van der Waals surface area contributed by atoms with E-state index in [-0.39, 0.29) is 23.8 Å². The maximum absolute atomic E-state index is 12.8. The van der Waals surface area contributed by atoms with Gasteiger partial charge in [0, 0.05) is 49.7 Å². The van der Waals surface area contributed by atoms with Crippen LogP contribution in [0.3, 0.4) is 0 Å². The normalized spacial score (nSPS) is 19.2. The quantitative estimate of drug-likeness (QED) is 0.695. The van der Waals surface area contributed by atoms with Crippen molar-refractivity contribution in [2.24, 2.45) is 5.92 Å². The van der Waals surface area contributed by atoms with Gasteiger partial charge in [-0.3, -0.25) is 9.59 Å². The summed E-state index contributed by atoms with van der Waals surface area (Å²) in [5, 5.41) is 3.93. The maximum Gasteiger partial charge on any atom is 0.222 e. The van der Waals surface area contributed by atoms with Gasteiger partial charge in [-0.25, -0.2) is 0 Å². The third-order valence-corrected chi connectivity index (χ3v) is 6.80. The Morgan fingerprint density at radius 3 is 2.62 bits per heavy atom. The van der Waals surface area contributed by atoms with E-state index in [4.69, 9.17) is 11.6 Å². The van der Waals surface area contributed by atoms with Gasteiger partial charge in [0.2, 0.25) is 11.8 Å². The molecule has 5 nitrogen and oxygen atoms in total. The van der Waals surface area contributed by atoms with Gasteiger partial charge in [-0.1, -0.05) is 48.9 Å². The summed E-state index contributed by atoms with van der Waals surface area (Å²) in [4.78, 5) is 29.6. The Balaban J connectivity index is 1.23. The van der Waals surface area contributed by atoms with Crippen molar-refractivity contribution in [2.45, 2.75) is 45.1 Å². The zero-order chi connectivity index (χ0) is 22.5. The number of hydrogen-bond donors (Lipinski definition) is 1. The highest BCUT2D eigenvalue weighted by atomic mass is 35.5. The first kappa shape index (κ1) is 22.7. The SMILES string of the molecule is C[C@H](CC(=O)N[C@H]1CCCc2ccccc21)CC(=O)N1CCN(c2cccc(Cl)c2)CC1. The zero-order valence-electron chi connectivity index (χ0n) is 18.7. The molecular weight excluding hydrogens is 422 g/mol. The summed E-state index contributed by atoms with van der Waals surface area (Å²) in [6, 6.07) is 16.3.